The number of nitrogens with zero attached hydrogens (tertiary/aromatic N) is 1. The molecule has 1 aromatic carbocycles. The van der Waals surface area contributed by atoms with Gasteiger partial charge in [0.15, 0.2) is 11.4 Å². The van der Waals surface area contributed by atoms with Crippen molar-refractivity contribution in [3.05, 3.63) is 45.9 Å². The van der Waals surface area contributed by atoms with Crippen molar-refractivity contribution in [2.75, 3.05) is 25.5 Å². The molecular formula is C26H31N3O8. The Labute approximate surface area is 212 Å². The van der Waals surface area contributed by atoms with Crippen LogP contribution in [0.25, 0.3) is 0 Å². The number of ketones is 2. The molecule has 0 unspecified atom stereocenters. The number of carbonyl (C=O) groups is 3. The number of aliphatic hydroxyl groups is 4. The molecule has 0 aromatic heterocycles. The average Bonchev–Trinajstić information content (AvgIpc) is 2.84. The number of rotatable bonds is 3. The second-order valence-electron chi connectivity index (χ2n) is 10.6. The van der Waals surface area contributed by atoms with Crippen molar-refractivity contribution in [1.29, 1.82) is 0 Å². The molecule has 5 atom stereocenters. The highest BCUT2D eigenvalue weighted by Gasteiger charge is 2.64. The summed E-state index contributed by atoms with van der Waals surface area (Å²) in [5, 5.41) is 58.6. The fraction of sp³-hybridized carbons (Fsp3) is 0.500. The number of nitrogens with one attached hydrogen (secondary N) is 1. The summed E-state index contributed by atoms with van der Waals surface area (Å²) in [6, 6.07) is 3.44. The molecule has 1 saturated heterocycles. The van der Waals surface area contributed by atoms with Crippen molar-refractivity contribution >= 4 is 23.2 Å². The number of benzene rings is 1. The van der Waals surface area contributed by atoms with E-state index in [4.69, 9.17) is 5.73 Å². The van der Waals surface area contributed by atoms with E-state index in [9.17, 15) is 39.9 Å². The van der Waals surface area contributed by atoms with Gasteiger partial charge in [0.2, 0.25) is 5.78 Å². The summed E-state index contributed by atoms with van der Waals surface area (Å²) in [6.45, 7) is 3.46. The third kappa shape index (κ3) is 3.48. The topological polar surface area (TPSA) is 194 Å². The number of Topliss-reactive ketones (excluding diaryl/α,β-unsaturated/α-hetero) is 2. The van der Waals surface area contributed by atoms with Gasteiger partial charge in [-0.15, -0.1) is 0 Å². The van der Waals surface area contributed by atoms with Gasteiger partial charge in [-0.25, -0.2) is 0 Å². The van der Waals surface area contributed by atoms with Crippen LogP contribution in [0.2, 0.25) is 0 Å². The predicted molar refractivity (Wildman–Crippen MR) is 131 cm³/mol. The minimum absolute atomic E-state index is 0.0844. The van der Waals surface area contributed by atoms with Crippen LogP contribution in [-0.4, -0.2) is 85.8 Å². The number of piperidine rings is 1. The molecule has 3 aliphatic carbocycles. The first-order chi connectivity index (χ1) is 17.4. The zero-order chi connectivity index (χ0) is 27.0. The fourth-order valence-electron chi connectivity index (χ4n) is 6.48. The quantitative estimate of drug-likeness (QED) is 0.222. The molecule has 8 N–H and O–H groups in total. The van der Waals surface area contributed by atoms with Crippen molar-refractivity contribution < 1.29 is 39.9 Å². The van der Waals surface area contributed by atoms with E-state index in [2.05, 4.69) is 10.2 Å². The highest BCUT2D eigenvalue weighted by Crippen LogP contribution is 2.55. The first-order valence-electron chi connectivity index (χ1n) is 12.4. The van der Waals surface area contributed by atoms with E-state index in [1.54, 1.807) is 19.1 Å². The first kappa shape index (κ1) is 25.2. The number of amides is 1. The van der Waals surface area contributed by atoms with Gasteiger partial charge >= 0.3 is 0 Å². The maximum Gasteiger partial charge on any atom is 0.255 e. The van der Waals surface area contributed by atoms with Crippen LogP contribution in [0.5, 0.6) is 5.75 Å². The third-order valence-electron chi connectivity index (χ3n) is 8.58. The Hall–Kier alpha value is -3.41. The standard InChI is InChI=1S/C26H31N3O8/c1-10-12-3-4-14(28-11-5-7-29(2)8-6-11)21(32)17(12)22(33)19-16(10)20(31)13-9-15(30)18(25(27)36)23(34)26(13,37)24(19)35/h3-4,10-11,13,16,20,28,30-32,35,37H,5-9H2,1-2H3,(H2,27,36)/t10-,13+,16+,20+,26+/m0/s1. The molecule has 0 radical (unpaired) electrons. The number of nitrogens with two attached hydrogens (primary N) is 1. The number of fused-ring (bicyclic) bond motifs is 3. The van der Waals surface area contributed by atoms with E-state index in [-0.39, 0.29) is 17.4 Å². The highest BCUT2D eigenvalue weighted by atomic mass is 16.4. The van der Waals surface area contributed by atoms with Crippen LogP contribution in [0, 0.1) is 11.8 Å². The Balaban J connectivity index is 1.61. The number of aliphatic hydroxyl groups excluding tert-OH is 3. The summed E-state index contributed by atoms with van der Waals surface area (Å²) in [4.78, 5) is 40.9. The molecule has 1 heterocycles. The van der Waals surface area contributed by atoms with Gasteiger partial charge in [-0.2, -0.15) is 0 Å². The zero-order valence-electron chi connectivity index (χ0n) is 20.6. The van der Waals surface area contributed by atoms with Gasteiger partial charge in [-0.3, -0.25) is 14.4 Å². The van der Waals surface area contributed by atoms with Crippen LogP contribution in [0.1, 0.15) is 48.0 Å². The number of hydrogen-bond acceptors (Lipinski definition) is 10. The van der Waals surface area contributed by atoms with E-state index >= 15 is 0 Å². The minimum Gasteiger partial charge on any atom is -0.511 e. The number of aromatic hydroxyl groups is 1. The molecule has 0 bridgehead atoms. The van der Waals surface area contributed by atoms with Crippen molar-refractivity contribution in [3.63, 3.8) is 0 Å². The maximum absolute atomic E-state index is 13.8. The number of allylic oxidation sites excluding steroid dienone is 1. The average molecular weight is 514 g/mol. The number of carbonyl (C=O) groups excluding carboxylic acids is 3. The fourth-order valence-corrected chi connectivity index (χ4v) is 6.48. The summed E-state index contributed by atoms with van der Waals surface area (Å²) >= 11 is 0. The van der Waals surface area contributed by atoms with Gasteiger partial charge in [0.1, 0.15) is 22.8 Å². The molecule has 4 aliphatic rings. The monoisotopic (exact) mass is 513 g/mol. The lowest BCUT2D eigenvalue weighted by molar-refractivity contribution is -0.154. The van der Waals surface area contributed by atoms with Gasteiger partial charge in [0.25, 0.3) is 5.91 Å². The van der Waals surface area contributed by atoms with E-state index < -0.39 is 76.0 Å². The highest BCUT2D eigenvalue weighted by molar-refractivity contribution is 6.24. The number of anilines is 1. The molecule has 198 valence electrons. The van der Waals surface area contributed by atoms with Crippen molar-refractivity contribution in [2.45, 2.75) is 49.9 Å². The largest absolute Gasteiger partial charge is 0.511 e. The Morgan fingerprint density at radius 3 is 2.43 bits per heavy atom. The Morgan fingerprint density at radius 1 is 1.16 bits per heavy atom. The number of phenolic OH excluding ortho intramolecular Hbond substituents is 1. The van der Waals surface area contributed by atoms with Gasteiger partial charge in [0.05, 0.1) is 17.4 Å². The summed E-state index contributed by atoms with van der Waals surface area (Å²) < 4.78 is 0. The van der Waals surface area contributed by atoms with Crippen LogP contribution >= 0.6 is 0 Å². The van der Waals surface area contributed by atoms with Crippen molar-refractivity contribution in [1.82, 2.24) is 4.90 Å². The summed E-state index contributed by atoms with van der Waals surface area (Å²) in [5.74, 6) is -8.60. The van der Waals surface area contributed by atoms with Gasteiger partial charge in [0, 0.05) is 29.9 Å². The number of phenols is 1. The van der Waals surface area contributed by atoms with Gasteiger partial charge in [-0.1, -0.05) is 13.0 Å². The molecule has 1 aliphatic heterocycles. The lowest BCUT2D eigenvalue weighted by Crippen LogP contribution is -2.62. The molecule has 1 aromatic rings. The molecule has 37 heavy (non-hydrogen) atoms. The smallest absolute Gasteiger partial charge is 0.255 e. The van der Waals surface area contributed by atoms with E-state index in [1.807, 2.05) is 7.05 Å². The lowest BCUT2D eigenvalue weighted by atomic mass is 9.56. The Kier molecular flexibility index (Phi) is 5.85. The Morgan fingerprint density at radius 2 is 1.81 bits per heavy atom. The molecule has 0 spiro atoms. The third-order valence-corrected chi connectivity index (χ3v) is 8.58. The normalized spacial score (nSPS) is 32.6. The SMILES string of the molecule is C[C@H]1c2ccc(NC3CCN(C)CC3)c(O)c2C(=O)C2=C(O)[C@]3(O)C(=O)C(C(N)=O)=C(O)C[C@@H]3[C@@H](O)[C@@H]21. The summed E-state index contributed by atoms with van der Waals surface area (Å²) in [6.07, 6.45) is -0.357. The van der Waals surface area contributed by atoms with Crippen LogP contribution in [0.3, 0.4) is 0 Å². The molecule has 1 fully saturated rings. The molecular weight excluding hydrogens is 482 g/mol. The zero-order valence-corrected chi connectivity index (χ0v) is 20.6. The molecule has 5 rings (SSSR count). The number of likely N-dealkylation sites (tertiary alicyclic amines) is 1. The van der Waals surface area contributed by atoms with Crippen LogP contribution in [-0.2, 0) is 9.59 Å². The predicted octanol–water partition coefficient (Wildman–Crippen LogP) is 0.618. The Bertz CT molecular complexity index is 1280. The van der Waals surface area contributed by atoms with E-state index in [0.717, 1.165) is 25.9 Å². The first-order valence-corrected chi connectivity index (χ1v) is 12.4. The van der Waals surface area contributed by atoms with E-state index in [0.29, 0.717) is 11.3 Å². The second-order valence-corrected chi connectivity index (χ2v) is 10.6. The van der Waals surface area contributed by atoms with Gasteiger partial charge in [-0.05, 0) is 50.5 Å². The van der Waals surface area contributed by atoms with Crippen LogP contribution < -0.4 is 11.1 Å². The second kappa shape index (κ2) is 8.57. The van der Waals surface area contributed by atoms with Crippen LogP contribution in [0.4, 0.5) is 5.69 Å². The summed E-state index contributed by atoms with van der Waals surface area (Å²) in [5.41, 5.74) is 1.79. The molecule has 1 amide bonds. The minimum atomic E-state index is -2.84. The molecule has 0 saturated carbocycles. The number of primary amides is 1. The summed E-state index contributed by atoms with van der Waals surface area (Å²) in [7, 11) is 2.03. The molecule has 11 nitrogen and oxygen atoms in total. The maximum atomic E-state index is 13.8. The van der Waals surface area contributed by atoms with Crippen molar-refractivity contribution in [2.24, 2.45) is 17.6 Å². The number of hydrogen-bond donors (Lipinski definition) is 7. The molecule has 11 heteroatoms. The van der Waals surface area contributed by atoms with Crippen molar-refractivity contribution in [3.8, 4) is 5.75 Å². The van der Waals surface area contributed by atoms with Gasteiger partial charge < -0.3 is 41.5 Å². The van der Waals surface area contributed by atoms with E-state index in [1.165, 1.54) is 0 Å². The van der Waals surface area contributed by atoms with Crippen LogP contribution in [0.15, 0.2) is 34.8 Å². The lowest BCUT2D eigenvalue weighted by Gasteiger charge is -2.50.